The fourth-order valence-electron chi connectivity index (χ4n) is 2.39. The fraction of sp³-hybridized carbons (Fsp3) is 0.625. The van der Waals surface area contributed by atoms with Gasteiger partial charge in [0.2, 0.25) is 0 Å². The molecule has 1 N–H and O–H groups in total. The molecular formula is C16H26BrN. The molecule has 0 heterocycles. The molecular weight excluding hydrogens is 286 g/mol. The number of benzene rings is 1. The zero-order chi connectivity index (χ0) is 13.2. The second-order valence-electron chi connectivity index (χ2n) is 5.01. The van der Waals surface area contributed by atoms with Gasteiger partial charge in [0, 0.05) is 11.0 Å². The number of rotatable bonds is 9. The van der Waals surface area contributed by atoms with Crippen molar-refractivity contribution < 1.29 is 0 Å². The molecule has 1 unspecified atom stereocenters. The predicted octanol–water partition coefficient (Wildman–Crippen LogP) is 5.11. The molecule has 1 aromatic carbocycles. The molecule has 0 aliphatic rings. The zero-order valence-electron chi connectivity index (χ0n) is 11.7. The van der Waals surface area contributed by atoms with Crippen molar-refractivity contribution >= 4 is 15.9 Å². The minimum Gasteiger partial charge on any atom is -0.319 e. The van der Waals surface area contributed by atoms with E-state index in [1.165, 1.54) is 48.6 Å². The number of hydrogen-bond acceptors (Lipinski definition) is 1. The van der Waals surface area contributed by atoms with Crippen LogP contribution >= 0.6 is 15.9 Å². The Labute approximate surface area is 120 Å². The Balaban J connectivity index is 2.44. The predicted molar refractivity (Wildman–Crippen MR) is 84.2 cm³/mol. The largest absolute Gasteiger partial charge is 0.319 e. The first-order valence-electron chi connectivity index (χ1n) is 7.18. The summed E-state index contributed by atoms with van der Waals surface area (Å²) in [5, 5.41) is 3.32. The average Bonchev–Trinajstić information content (AvgIpc) is 2.37. The topological polar surface area (TPSA) is 12.0 Å². The number of halogens is 1. The lowest BCUT2D eigenvalue weighted by Gasteiger charge is -2.17. The van der Waals surface area contributed by atoms with Gasteiger partial charge in [0.15, 0.2) is 0 Å². The van der Waals surface area contributed by atoms with E-state index >= 15 is 0 Å². The van der Waals surface area contributed by atoms with Crippen molar-refractivity contribution in [3.05, 3.63) is 34.3 Å². The second-order valence-corrected chi connectivity index (χ2v) is 5.93. The van der Waals surface area contributed by atoms with E-state index in [0.717, 1.165) is 6.54 Å². The van der Waals surface area contributed by atoms with Gasteiger partial charge in [-0.1, -0.05) is 67.1 Å². The molecule has 0 fully saturated rings. The van der Waals surface area contributed by atoms with Crippen molar-refractivity contribution in [1.82, 2.24) is 5.32 Å². The number of nitrogens with one attached hydrogen (secondary N) is 1. The third-order valence-corrected chi connectivity index (χ3v) is 3.92. The Hall–Kier alpha value is -0.340. The number of hydrogen-bond donors (Lipinski definition) is 1. The molecule has 0 bridgehead atoms. The van der Waals surface area contributed by atoms with E-state index < -0.39 is 0 Å². The summed E-state index contributed by atoms with van der Waals surface area (Å²) in [5.74, 6) is 0.647. The maximum atomic E-state index is 3.56. The van der Waals surface area contributed by atoms with Crippen LogP contribution in [-0.2, 0) is 0 Å². The Kier molecular flexibility index (Phi) is 8.36. The zero-order valence-corrected chi connectivity index (χ0v) is 13.3. The summed E-state index contributed by atoms with van der Waals surface area (Å²) < 4.78 is 1.19. The third kappa shape index (κ3) is 6.01. The maximum absolute atomic E-state index is 3.56. The summed E-state index contributed by atoms with van der Waals surface area (Å²) in [4.78, 5) is 0. The van der Waals surface area contributed by atoms with E-state index in [2.05, 4.69) is 52.4 Å². The van der Waals surface area contributed by atoms with E-state index in [1.807, 2.05) is 7.05 Å². The lowest BCUT2D eigenvalue weighted by Crippen LogP contribution is -2.17. The van der Waals surface area contributed by atoms with Crippen LogP contribution in [-0.4, -0.2) is 13.6 Å². The molecule has 1 atom stereocenters. The van der Waals surface area contributed by atoms with Gasteiger partial charge >= 0.3 is 0 Å². The molecule has 1 nitrogen and oxygen atoms in total. The Bertz CT molecular complexity index is 325. The highest BCUT2D eigenvalue weighted by Crippen LogP contribution is 2.24. The van der Waals surface area contributed by atoms with Crippen molar-refractivity contribution in [2.45, 2.75) is 51.4 Å². The van der Waals surface area contributed by atoms with Gasteiger partial charge in [-0.2, -0.15) is 0 Å². The average molecular weight is 312 g/mol. The van der Waals surface area contributed by atoms with Gasteiger partial charge in [-0.05, 0) is 37.1 Å². The van der Waals surface area contributed by atoms with Gasteiger partial charge in [0.05, 0.1) is 0 Å². The smallest absolute Gasteiger partial charge is 0.0178 e. The molecule has 0 saturated heterocycles. The summed E-state index contributed by atoms with van der Waals surface area (Å²) in [7, 11) is 2.04. The van der Waals surface area contributed by atoms with E-state index in [1.54, 1.807) is 0 Å². The lowest BCUT2D eigenvalue weighted by molar-refractivity contribution is 0.527. The summed E-state index contributed by atoms with van der Waals surface area (Å²) in [5.41, 5.74) is 1.45. The van der Waals surface area contributed by atoms with Crippen LogP contribution in [0.15, 0.2) is 28.7 Å². The van der Waals surface area contributed by atoms with Gasteiger partial charge in [-0.15, -0.1) is 0 Å². The molecule has 0 saturated carbocycles. The Morgan fingerprint density at radius 2 is 1.94 bits per heavy atom. The van der Waals surface area contributed by atoms with Crippen LogP contribution in [0.5, 0.6) is 0 Å². The molecule has 1 aromatic rings. The van der Waals surface area contributed by atoms with E-state index in [-0.39, 0.29) is 0 Å². The van der Waals surface area contributed by atoms with Gasteiger partial charge in [-0.3, -0.25) is 0 Å². The first kappa shape index (κ1) is 15.7. The third-order valence-electron chi connectivity index (χ3n) is 3.43. The number of likely N-dealkylation sites (N-methyl/N-ethyl adjacent to an activating group) is 1. The molecule has 0 radical (unpaired) electrons. The van der Waals surface area contributed by atoms with Crippen molar-refractivity contribution in [3.8, 4) is 0 Å². The van der Waals surface area contributed by atoms with Crippen LogP contribution in [0.3, 0.4) is 0 Å². The van der Waals surface area contributed by atoms with Crippen LogP contribution < -0.4 is 5.32 Å². The highest BCUT2D eigenvalue weighted by atomic mass is 79.9. The van der Waals surface area contributed by atoms with Crippen LogP contribution in [0, 0.1) is 0 Å². The Morgan fingerprint density at radius 3 is 2.61 bits per heavy atom. The highest BCUT2D eigenvalue weighted by Gasteiger charge is 2.10. The van der Waals surface area contributed by atoms with Gasteiger partial charge in [-0.25, -0.2) is 0 Å². The SMILES string of the molecule is CCCCCCCC(CNC)c1cccc(Br)c1. The van der Waals surface area contributed by atoms with E-state index in [4.69, 9.17) is 0 Å². The van der Waals surface area contributed by atoms with Gasteiger partial charge in [0.25, 0.3) is 0 Å². The monoisotopic (exact) mass is 311 g/mol. The van der Waals surface area contributed by atoms with Crippen LogP contribution in [0.2, 0.25) is 0 Å². The van der Waals surface area contributed by atoms with Crippen LogP contribution in [0.1, 0.15) is 56.9 Å². The molecule has 0 aliphatic heterocycles. The van der Waals surface area contributed by atoms with Crippen molar-refractivity contribution in [2.24, 2.45) is 0 Å². The molecule has 0 amide bonds. The molecule has 0 aromatic heterocycles. The molecule has 0 aliphatic carbocycles. The first-order valence-corrected chi connectivity index (χ1v) is 7.97. The molecule has 18 heavy (non-hydrogen) atoms. The summed E-state index contributed by atoms with van der Waals surface area (Å²) in [6.45, 7) is 3.34. The molecule has 102 valence electrons. The van der Waals surface area contributed by atoms with Crippen molar-refractivity contribution in [1.29, 1.82) is 0 Å². The highest BCUT2D eigenvalue weighted by molar-refractivity contribution is 9.10. The minimum atomic E-state index is 0.647. The molecule has 2 heteroatoms. The van der Waals surface area contributed by atoms with E-state index in [0.29, 0.717) is 5.92 Å². The lowest BCUT2D eigenvalue weighted by atomic mass is 9.93. The maximum Gasteiger partial charge on any atom is 0.0178 e. The van der Waals surface area contributed by atoms with Gasteiger partial charge < -0.3 is 5.32 Å². The summed E-state index contributed by atoms with van der Waals surface area (Å²) in [6, 6.07) is 8.74. The second kappa shape index (κ2) is 9.57. The normalized spacial score (nSPS) is 12.6. The quantitative estimate of drug-likeness (QED) is 0.625. The van der Waals surface area contributed by atoms with Gasteiger partial charge in [0.1, 0.15) is 0 Å². The molecule has 0 spiro atoms. The summed E-state index contributed by atoms with van der Waals surface area (Å²) >= 11 is 3.56. The number of unbranched alkanes of at least 4 members (excludes halogenated alkanes) is 4. The van der Waals surface area contributed by atoms with Crippen molar-refractivity contribution in [3.63, 3.8) is 0 Å². The van der Waals surface area contributed by atoms with Crippen LogP contribution in [0.25, 0.3) is 0 Å². The Morgan fingerprint density at radius 1 is 1.17 bits per heavy atom. The van der Waals surface area contributed by atoms with Crippen molar-refractivity contribution in [2.75, 3.05) is 13.6 Å². The molecule has 1 rings (SSSR count). The first-order chi connectivity index (χ1) is 8.77. The fourth-order valence-corrected chi connectivity index (χ4v) is 2.80. The van der Waals surface area contributed by atoms with E-state index in [9.17, 15) is 0 Å². The standard InChI is InChI=1S/C16H26BrN/c1-3-4-5-6-7-9-15(13-18-2)14-10-8-11-16(17)12-14/h8,10-12,15,18H,3-7,9,13H2,1-2H3. The minimum absolute atomic E-state index is 0.647. The van der Waals surface area contributed by atoms with Crippen LogP contribution in [0.4, 0.5) is 0 Å². The summed E-state index contributed by atoms with van der Waals surface area (Å²) in [6.07, 6.45) is 8.11.